The zero-order valence-electron chi connectivity index (χ0n) is 25.2. The highest BCUT2D eigenvalue weighted by Crippen LogP contribution is 2.63. The Kier molecular flexibility index (Phi) is 7.77. The maximum Gasteiger partial charge on any atom is 0.147 e. The first-order chi connectivity index (χ1) is 21.7. The summed E-state index contributed by atoms with van der Waals surface area (Å²) in [7, 11) is 0. The predicted molar refractivity (Wildman–Crippen MR) is 173 cm³/mol. The van der Waals surface area contributed by atoms with E-state index in [1.165, 1.54) is 5.56 Å². The van der Waals surface area contributed by atoms with E-state index >= 15 is 0 Å². The number of pyridine rings is 2. The van der Waals surface area contributed by atoms with Crippen LogP contribution in [0.1, 0.15) is 60.9 Å². The van der Waals surface area contributed by atoms with E-state index in [-0.39, 0.29) is 11.3 Å². The van der Waals surface area contributed by atoms with E-state index in [9.17, 15) is 10.5 Å². The molecule has 0 radical (unpaired) electrons. The van der Waals surface area contributed by atoms with Gasteiger partial charge in [0.15, 0.2) is 0 Å². The fraction of sp³-hybridized carbons (Fsp3) is 0.405. The van der Waals surface area contributed by atoms with Crippen LogP contribution in [0.3, 0.4) is 0 Å². The summed E-state index contributed by atoms with van der Waals surface area (Å²) in [4.78, 5) is 13.1. The van der Waals surface area contributed by atoms with Gasteiger partial charge in [-0.25, -0.2) is 4.98 Å². The molecule has 2 aromatic carbocycles. The van der Waals surface area contributed by atoms with Crippen LogP contribution in [0.25, 0.3) is 10.9 Å². The summed E-state index contributed by atoms with van der Waals surface area (Å²) in [5.74, 6) is 1.39. The van der Waals surface area contributed by atoms with E-state index < -0.39 is 5.54 Å². The van der Waals surface area contributed by atoms with Crippen LogP contribution in [0.5, 0.6) is 0 Å². The second-order valence-electron chi connectivity index (χ2n) is 12.6. The van der Waals surface area contributed by atoms with Gasteiger partial charge in [0.1, 0.15) is 11.9 Å². The van der Waals surface area contributed by atoms with Crippen LogP contribution in [0.2, 0.25) is 0 Å². The number of nitriles is 2. The van der Waals surface area contributed by atoms with E-state index in [2.05, 4.69) is 76.2 Å². The van der Waals surface area contributed by atoms with Crippen LogP contribution in [-0.4, -0.2) is 42.7 Å². The van der Waals surface area contributed by atoms with Crippen molar-refractivity contribution in [3.05, 3.63) is 101 Å². The number of aromatic nitrogens is 2. The summed E-state index contributed by atoms with van der Waals surface area (Å²) in [5.41, 5.74) is 3.71. The van der Waals surface area contributed by atoms with Crippen molar-refractivity contribution in [2.24, 2.45) is 11.8 Å². The molecule has 0 amide bonds. The Hall–Kier alpha value is -4.30. The maximum atomic E-state index is 10.4. The molecule has 0 spiro atoms. The first-order valence-electron chi connectivity index (χ1n) is 16.1. The van der Waals surface area contributed by atoms with Crippen molar-refractivity contribution >= 4 is 16.7 Å². The highest BCUT2D eigenvalue weighted by molar-refractivity contribution is 5.79. The van der Waals surface area contributed by atoms with Crippen molar-refractivity contribution < 1.29 is 0 Å². The minimum absolute atomic E-state index is 0.261. The van der Waals surface area contributed by atoms with Gasteiger partial charge < -0.3 is 15.5 Å². The highest BCUT2D eigenvalue weighted by Gasteiger charge is 2.66. The summed E-state index contributed by atoms with van der Waals surface area (Å²) in [6, 6.07) is 30.0. The first-order valence-corrected chi connectivity index (χ1v) is 16.1. The molecular weight excluding hydrogens is 542 g/mol. The van der Waals surface area contributed by atoms with Gasteiger partial charge in [-0.2, -0.15) is 10.5 Å². The van der Waals surface area contributed by atoms with Gasteiger partial charge in [0.2, 0.25) is 0 Å². The summed E-state index contributed by atoms with van der Waals surface area (Å²) in [5, 5.41) is 28.6. The van der Waals surface area contributed by atoms with Gasteiger partial charge in [-0.3, -0.25) is 4.98 Å². The molecule has 0 bridgehead atoms. The molecule has 3 fully saturated rings. The van der Waals surface area contributed by atoms with Crippen molar-refractivity contribution in [1.29, 1.82) is 10.5 Å². The van der Waals surface area contributed by atoms with Gasteiger partial charge >= 0.3 is 0 Å². The molecule has 5 heterocycles. The number of anilines is 1. The lowest BCUT2D eigenvalue weighted by molar-refractivity contribution is 0.00612. The van der Waals surface area contributed by atoms with Crippen molar-refractivity contribution in [3.63, 3.8) is 0 Å². The van der Waals surface area contributed by atoms with Crippen molar-refractivity contribution in [2.45, 2.75) is 49.5 Å². The van der Waals surface area contributed by atoms with Crippen molar-refractivity contribution in [1.82, 2.24) is 20.6 Å². The molecule has 3 aliphatic rings. The zero-order valence-corrected chi connectivity index (χ0v) is 25.2. The van der Waals surface area contributed by atoms with Crippen molar-refractivity contribution in [3.8, 4) is 12.1 Å². The lowest BCUT2D eigenvalue weighted by atomic mass is 9.47. The second kappa shape index (κ2) is 12.0. The quantitative estimate of drug-likeness (QED) is 0.307. The minimum atomic E-state index is -0.576. The SMILES string of the molecule is N#Cc1ccc(C2(C3CCNCC3)CCCN(c3ncccc3C#N)C2(c2ccc3ccccc3n2)C2CCNCC2)cc1. The number of nitrogens with zero attached hydrogens (tertiary/aromatic N) is 5. The molecule has 7 heteroatoms. The van der Waals surface area contributed by atoms with Gasteiger partial charge in [0, 0.05) is 23.5 Å². The molecule has 222 valence electrons. The third-order valence-electron chi connectivity index (χ3n) is 10.7. The van der Waals surface area contributed by atoms with Gasteiger partial charge in [0.05, 0.1) is 33.9 Å². The molecule has 2 N–H and O–H groups in total. The van der Waals surface area contributed by atoms with E-state index in [0.717, 1.165) is 93.7 Å². The average molecular weight is 582 g/mol. The van der Waals surface area contributed by atoms with Crippen LogP contribution in [0.4, 0.5) is 5.82 Å². The number of benzene rings is 2. The minimum Gasteiger partial charge on any atom is -0.343 e. The largest absolute Gasteiger partial charge is 0.343 e. The monoisotopic (exact) mass is 581 g/mol. The fourth-order valence-corrected chi connectivity index (χ4v) is 9.05. The lowest BCUT2D eigenvalue weighted by Crippen LogP contribution is -2.71. The number of rotatable bonds is 5. The number of para-hydroxylation sites is 1. The number of piperidine rings is 3. The third kappa shape index (κ3) is 4.46. The molecule has 2 atom stereocenters. The average Bonchev–Trinajstić information content (AvgIpc) is 3.11. The Labute approximate surface area is 259 Å². The molecule has 0 aliphatic carbocycles. The molecule has 4 aromatic rings. The fourth-order valence-electron chi connectivity index (χ4n) is 9.05. The van der Waals surface area contributed by atoms with Crippen LogP contribution < -0.4 is 15.5 Å². The number of nitrogens with one attached hydrogen (secondary N) is 2. The van der Waals surface area contributed by atoms with E-state index in [1.807, 2.05) is 30.5 Å². The number of fused-ring (bicyclic) bond motifs is 1. The van der Waals surface area contributed by atoms with Crippen LogP contribution in [0, 0.1) is 34.5 Å². The first kappa shape index (κ1) is 28.5. The van der Waals surface area contributed by atoms with E-state index in [0.29, 0.717) is 17.0 Å². The molecule has 3 aliphatic heterocycles. The Bertz CT molecular complexity index is 1710. The smallest absolute Gasteiger partial charge is 0.147 e. The summed E-state index contributed by atoms with van der Waals surface area (Å²) in [6.07, 6.45) is 7.94. The standard InChI is InChI=1S/C37H39N7/c38-25-27-8-11-30(12-9-27)36(31-14-20-40-21-15-31)18-4-24-44(35-29(26-39)6-3-19-42-35)37(36,32-16-22-41-23-17-32)34-13-10-28-5-1-2-7-33(28)43-34/h1-3,5-13,19,31-32,40-41H,4,14-18,20-24H2. The topological polar surface area (TPSA) is 101 Å². The lowest BCUT2D eigenvalue weighted by Gasteiger charge is -2.66. The van der Waals surface area contributed by atoms with Crippen LogP contribution in [-0.2, 0) is 11.0 Å². The Morgan fingerprint density at radius 2 is 1.50 bits per heavy atom. The molecule has 2 aromatic heterocycles. The summed E-state index contributed by atoms with van der Waals surface area (Å²) < 4.78 is 0. The zero-order chi connectivity index (χ0) is 30.0. The van der Waals surface area contributed by atoms with E-state index in [1.54, 1.807) is 0 Å². The highest BCUT2D eigenvalue weighted by atomic mass is 15.3. The number of hydrogen-bond donors (Lipinski definition) is 2. The molecule has 0 saturated carbocycles. The molecule has 7 nitrogen and oxygen atoms in total. The van der Waals surface area contributed by atoms with E-state index in [4.69, 9.17) is 9.97 Å². The van der Waals surface area contributed by atoms with Gasteiger partial charge in [-0.15, -0.1) is 0 Å². The summed E-state index contributed by atoms with van der Waals surface area (Å²) >= 11 is 0. The molecule has 7 rings (SSSR count). The second-order valence-corrected chi connectivity index (χ2v) is 12.6. The third-order valence-corrected chi connectivity index (χ3v) is 10.7. The van der Waals surface area contributed by atoms with Gasteiger partial charge in [-0.1, -0.05) is 36.4 Å². The number of hydrogen-bond acceptors (Lipinski definition) is 7. The normalized spacial score (nSPS) is 24.9. The van der Waals surface area contributed by atoms with Crippen LogP contribution in [0.15, 0.2) is 79.0 Å². The van der Waals surface area contributed by atoms with Crippen molar-refractivity contribution in [2.75, 3.05) is 37.6 Å². The molecule has 2 unspecified atom stereocenters. The molecule has 3 saturated heterocycles. The Morgan fingerprint density at radius 1 is 0.773 bits per heavy atom. The summed E-state index contributed by atoms with van der Waals surface area (Å²) in [6.45, 7) is 4.63. The van der Waals surface area contributed by atoms with Crippen LogP contribution >= 0.6 is 0 Å². The molecule has 44 heavy (non-hydrogen) atoms. The van der Waals surface area contributed by atoms with Gasteiger partial charge in [-0.05, 0) is 119 Å². The van der Waals surface area contributed by atoms with Gasteiger partial charge in [0.25, 0.3) is 0 Å². The Balaban J connectivity index is 1.62. The maximum absolute atomic E-state index is 10.4. The predicted octanol–water partition coefficient (Wildman–Crippen LogP) is 5.81. The Morgan fingerprint density at radius 3 is 2.23 bits per heavy atom. The molecular formula is C37H39N7.